The molecule has 14 heavy (non-hydrogen) atoms. The van der Waals surface area contributed by atoms with Crippen molar-refractivity contribution in [1.29, 1.82) is 0 Å². The van der Waals surface area contributed by atoms with Crippen LogP contribution in [0.3, 0.4) is 0 Å². The fourth-order valence-corrected chi connectivity index (χ4v) is 1.97. The van der Waals surface area contributed by atoms with Gasteiger partial charge in [-0.2, -0.15) is 0 Å². The molecule has 0 unspecified atom stereocenters. The number of carbonyl (C=O) groups excluding carboxylic acids is 1. The number of amides is 1. The minimum Gasteiger partial charge on any atom is -0.365 e. The van der Waals surface area contributed by atoms with E-state index in [0.29, 0.717) is 10.0 Å². The van der Waals surface area contributed by atoms with Gasteiger partial charge in [-0.3, -0.25) is 4.79 Å². The van der Waals surface area contributed by atoms with Crippen LogP contribution in [0.4, 0.5) is 9.52 Å². The highest BCUT2D eigenvalue weighted by atomic mass is 32.1. The van der Waals surface area contributed by atoms with Gasteiger partial charge in [-0.05, 0) is 0 Å². The lowest BCUT2D eigenvalue weighted by Crippen LogP contribution is -2.51. The molecule has 1 aliphatic heterocycles. The van der Waals surface area contributed by atoms with Gasteiger partial charge in [-0.1, -0.05) is 11.3 Å². The lowest BCUT2D eigenvalue weighted by molar-refractivity contribution is 0.0404. The molecule has 2 heterocycles. The first kappa shape index (κ1) is 9.39. The highest BCUT2D eigenvalue weighted by Gasteiger charge is 2.31. The average molecular weight is 215 g/mol. The molecule has 0 atom stereocenters. The Morgan fingerprint density at radius 2 is 2.50 bits per heavy atom. The van der Waals surface area contributed by atoms with Crippen LogP contribution in [0, 0.1) is 0 Å². The van der Waals surface area contributed by atoms with E-state index in [1.54, 1.807) is 7.05 Å². The zero-order chi connectivity index (χ0) is 10.1. The van der Waals surface area contributed by atoms with Crippen molar-refractivity contribution in [3.05, 3.63) is 11.1 Å². The second-order valence-corrected chi connectivity index (χ2v) is 4.12. The molecule has 0 aromatic carbocycles. The Balaban J connectivity index is 2.04. The van der Waals surface area contributed by atoms with Gasteiger partial charge in [0.15, 0.2) is 5.13 Å². The predicted octanol–water partition coefficient (Wildman–Crippen LogP) is 0.979. The first-order valence-corrected chi connectivity index (χ1v) is 5.09. The normalized spacial score (nSPS) is 16.6. The number of nitrogens with zero attached hydrogens (tertiary/aromatic N) is 2. The number of likely N-dealkylation sites (tertiary alicyclic amines) is 1. The van der Waals surface area contributed by atoms with E-state index in [1.165, 1.54) is 22.4 Å². The summed E-state index contributed by atoms with van der Waals surface area (Å²) in [5, 5.41) is 3.55. The molecular formula is C8H10FN3OS. The largest absolute Gasteiger partial charge is 0.365 e. The number of alkyl halides is 1. The van der Waals surface area contributed by atoms with E-state index in [0.717, 1.165) is 0 Å². The topological polar surface area (TPSA) is 45.2 Å². The number of carbonyl (C=O) groups is 1. The Morgan fingerprint density at radius 1 is 1.79 bits per heavy atom. The number of aromatic nitrogens is 1. The number of hydrogen-bond donors (Lipinski definition) is 1. The average Bonchev–Trinajstić information content (AvgIpc) is 2.60. The number of thiazole rings is 1. The fourth-order valence-electron chi connectivity index (χ4n) is 1.24. The van der Waals surface area contributed by atoms with Crippen LogP contribution in [-0.2, 0) is 0 Å². The molecule has 1 fully saturated rings. The van der Waals surface area contributed by atoms with E-state index in [4.69, 9.17) is 0 Å². The van der Waals surface area contributed by atoms with Gasteiger partial charge in [0.1, 0.15) is 11.0 Å². The van der Waals surface area contributed by atoms with Crippen LogP contribution in [0.1, 0.15) is 9.67 Å². The molecule has 0 bridgehead atoms. The Morgan fingerprint density at radius 3 is 3.00 bits per heavy atom. The summed E-state index contributed by atoms with van der Waals surface area (Å²) < 4.78 is 12.5. The molecule has 2 rings (SSSR count). The molecule has 4 nitrogen and oxygen atoms in total. The minimum atomic E-state index is -0.851. The molecule has 0 spiro atoms. The number of nitrogens with one attached hydrogen (secondary N) is 1. The van der Waals surface area contributed by atoms with Crippen LogP contribution in [0.25, 0.3) is 0 Å². The number of rotatable bonds is 2. The number of anilines is 1. The Kier molecular flexibility index (Phi) is 2.37. The van der Waals surface area contributed by atoms with E-state index >= 15 is 0 Å². The molecule has 1 amide bonds. The number of hydrogen-bond acceptors (Lipinski definition) is 4. The van der Waals surface area contributed by atoms with Crippen molar-refractivity contribution in [3.8, 4) is 0 Å². The van der Waals surface area contributed by atoms with Crippen molar-refractivity contribution in [3.63, 3.8) is 0 Å². The molecule has 0 aliphatic carbocycles. The van der Waals surface area contributed by atoms with Gasteiger partial charge in [-0.15, -0.1) is 0 Å². The zero-order valence-corrected chi connectivity index (χ0v) is 8.47. The van der Waals surface area contributed by atoms with Crippen LogP contribution < -0.4 is 5.32 Å². The molecule has 1 N–H and O–H groups in total. The molecule has 1 aliphatic rings. The van der Waals surface area contributed by atoms with Crippen molar-refractivity contribution in [1.82, 2.24) is 9.88 Å². The summed E-state index contributed by atoms with van der Waals surface area (Å²) in [6, 6.07) is 0. The molecular weight excluding hydrogens is 205 g/mol. The van der Waals surface area contributed by atoms with E-state index in [-0.39, 0.29) is 19.0 Å². The number of halogens is 1. The van der Waals surface area contributed by atoms with Gasteiger partial charge < -0.3 is 10.2 Å². The van der Waals surface area contributed by atoms with Crippen molar-refractivity contribution in [2.24, 2.45) is 0 Å². The van der Waals surface area contributed by atoms with Gasteiger partial charge in [-0.25, -0.2) is 9.37 Å². The Labute approximate surface area is 84.7 Å². The van der Waals surface area contributed by atoms with Gasteiger partial charge in [0.05, 0.1) is 19.3 Å². The maximum atomic E-state index is 12.5. The van der Waals surface area contributed by atoms with Crippen LogP contribution in [0.5, 0.6) is 0 Å². The Bertz CT molecular complexity index is 348. The summed E-state index contributed by atoms with van der Waals surface area (Å²) in [6.07, 6.45) is 0.667. The van der Waals surface area contributed by atoms with E-state index in [2.05, 4.69) is 10.3 Å². The molecule has 0 saturated carbocycles. The summed E-state index contributed by atoms with van der Waals surface area (Å²) in [5.41, 5.74) is 0. The third-order valence-electron chi connectivity index (χ3n) is 2.05. The van der Waals surface area contributed by atoms with E-state index in [1.807, 2.05) is 0 Å². The van der Waals surface area contributed by atoms with Crippen LogP contribution in [0.15, 0.2) is 6.20 Å². The van der Waals surface area contributed by atoms with Gasteiger partial charge in [0.25, 0.3) is 5.91 Å². The second kappa shape index (κ2) is 3.53. The first-order valence-electron chi connectivity index (χ1n) is 4.27. The lowest BCUT2D eigenvalue weighted by Gasteiger charge is -2.33. The second-order valence-electron chi connectivity index (χ2n) is 3.09. The maximum Gasteiger partial charge on any atom is 0.265 e. The van der Waals surface area contributed by atoms with Crippen molar-refractivity contribution < 1.29 is 9.18 Å². The smallest absolute Gasteiger partial charge is 0.265 e. The highest BCUT2D eigenvalue weighted by molar-refractivity contribution is 7.17. The maximum absolute atomic E-state index is 12.5. The molecule has 76 valence electrons. The molecule has 6 heteroatoms. The summed E-state index contributed by atoms with van der Waals surface area (Å²) >= 11 is 1.28. The third-order valence-corrected chi connectivity index (χ3v) is 3.06. The van der Waals surface area contributed by atoms with Gasteiger partial charge in [0.2, 0.25) is 0 Å². The fraction of sp³-hybridized carbons (Fsp3) is 0.500. The zero-order valence-electron chi connectivity index (χ0n) is 7.66. The van der Waals surface area contributed by atoms with Crippen molar-refractivity contribution >= 4 is 22.4 Å². The van der Waals surface area contributed by atoms with Crippen molar-refractivity contribution in [2.45, 2.75) is 6.17 Å². The highest BCUT2D eigenvalue weighted by Crippen LogP contribution is 2.22. The molecule has 1 aromatic rings. The standard InChI is InChI=1S/C8H10FN3OS/c1-10-8-11-2-6(14-8)7(13)12-3-5(9)4-12/h2,5H,3-4H2,1H3,(H,10,11). The van der Waals surface area contributed by atoms with Crippen molar-refractivity contribution in [2.75, 3.05) is 25.5 Å². The molecule has 1 aromatic heterocycles. The van der Waals surface area contributed by atoms with Crippen LogP contribution in [0.2, 0.25) is 0 Å². The van der Waals surface area contributed by atoms with E-state index in [9.17, 15) is 9.18 Å². The monoisotopic (exact) mass is 215 g/mol. The summed E-state index contributed by atoms with van der Waals surface area (Å²) in [7, 11) is 1.74. The lowest BCUT2D eigenvalue weighted by atomic mass is 10.2. The molecule has 1 saturated heterocycles. The quantitative estimate of drug-likeness (QED) is 0.799. The summed E-state index contributed by atoms with van der Waals surface area (Å²) in [4.78, 5) is 17.6. The minimum absolute atomic E-state index is 0.127. The summed E-state index contributed by atoms with van der Waals surface area (Å²) in [5.74, 6) is -0.127. The van der Waals surface area contributed by atoms with E-state index < -0.39 is 6.17 Å². The molecule has 0 radical (unpaired) electrons. The summed E-state index contributed by atoms with van der Waals surface area (Å²) in [6.45, 7) is 0.428. The third kappa shape index (κ3) is 1.57. The predicted molar refractivity (Wildman–Crippen MR) is 52.5 cm³/mol. The van der Waals surface area contributed by atoms with Crippen LogP contribution >= 0.6 is 11.3 Å². The van der Waals surface area contributed by atoms with Gasteiger partial charge >= 0.3 is 0 Å². The first-order chi connectivity index (χ1) is 6.70. The Hall–Kier alpha value is -1.17. The SMILES string of the molecule is CNc1ncc(C(=O)N2CC(F)C2)s1. The van der Waals surface area contributed by atoms with Gasteiger partial charge in [0, 0.05) is 7.05 Å². The van der Waals surface area contributed by atoms with Crippen LogP contribution in [-0.4, -0.2) is 42.1 Å².